The SMILES string of the molecule is COc1cc(C)c(Cl)c(C)c1-c1csc(C)n1. The number of thiazole rings is 1. The first kappa shape index (κ1) is 12.4. The molecule has 0 spiro atoms. The van der Waals surface area contributed by atoms with Gasteiger partial charge in [-0.25, -0.2) is 4.98 Å². The Morgan fingerprint density at radius 2 is 2.00 bits per heavy atom. The van der Waals surface area contributed by atoms with Crippen molar-refractivity contribution in [1.82, 2.24) is 4.98 Å². The summed E-state index contributed by atoms with van der Waals surface area (Å²) >= 11 is 7.92. The van der Waals surface area contributed by atoms with Crippen molar-refractivity contribution in [3.05, 3.63) is 32.6 Å². The van der Waals surface area contributed by atoms with Crippen LogP contribution in [0, 0.1) is 20.8 Å². The van der Waals surface area contributed by atoms with Gasteiger partial charge in [-0.2, -0.15) is 0 Å². The highest BCUT2D eigenvalue weighted by molar-refractivity contribution is 7.09. The van der Waals surface area contributed by atoms with E-state index in [2.05, 4.69) is 4.98 Å². The van der Waals surface area contributed by atoms with Crippen LogP contribution < -0.4 is 4.74 Å². The third kappa shape index (κ3) is 2.17. The van der Waals surface area contributed by atoms with E-state index < -0.39 is 0 Å². The number of nitrogens with zero attached hydrogens (tertiary/aromatic N) is 1. The van der Waals surface area contributed by atoms with Crippen LogP contribution in [0.1, 0.15) is 16.1 Å². The van der Waals surface area contributed by atoms with Gasteiger partial charge in [0, 0.05) is 16.0 Å². The minimum Gasteiger partial charge on any atom is -0.496 e. The Labute approximate surface area is 110 Å². The van der Waals surface area contributed by atoms with Crippen LogP contribution in [0.2, 0.25) is 5.02 Å². The van der Waals surface area contributed by atoms with Gasteiger partial charge >= 0.3 is 0 Å². The molecule has 2 rings (SSSR count). The summed E-state index contributed by atoms with van der Waals surface area (Å²) < 4.78 is 5.43. The van der Waals surface area contributed by atoms with Gasteiger partial charge in [-0.05, 0) is 38.0 Å². The van der Waals surface area contributed by atoms with Crippen molar-refractivity contribution in [2.75, 3.05) is 7.11 Å². The van der Waals surface area contributed by atoms with E-state index in [0.29, 0.717) is 0 Å². The molecule has 0 aliphatic heterocycles. The first-order valence-electron chi connectivity index (χ1n) is 5.30. The van der Waals surface area contributed by atoms with Gasteiger partial charge in [0.05, 0.1) is 17.8 Å². The maximum absolute atomic E-state index is 6.29. The van der Waals surface area contributed by atoms with E-state index in [-0.39, 0.29) is 0 Å². The monoisotopic (exact) mass is 267 g/mol. The fourth-order valence-corrected chi connectivity index (χ4v) is 2.63. The molecule has 0 N–H and O–H groups in total. The zero-order valence-corrected chi connectivity index (χ0v) is 11.9. The first-order valence-corrected chi connectivity index (χ1v) is 6.56. The predicted octanol–water partition coefficient (Wildman–Crippen LogP) is 4.40. The lowest BCUT2D eigenvalue weighted by atomic mass is 10.0. The van der Waals surface area contributed by atoms with Crippen LogP contribution in [0.5, 0.6) is 5.75 Å². The molecule has 0 atom stereocenters. The zero-order chi connectivity index (χ0) is 12.6. The van der Waals surface area contributed by atoms with Crippen molar-refractivity contribution in [3.8, 4) is 17.0 Å². The molecule has 2 nitrogen and oxygen atoms in total. The van der Waals surface area contributed by atoms with Crippen LogP contribution in [-0.4, -0.2) is 12.1 Å². The number of hydrogen-bond acceptors (Lipinski definition) is 3. The molecule has 90 valence electrons. The largest absolute Gasteiger partial charge is 0.496 e. The number of aromatic nitrogens is 1. The van der Waals surface area contributed by atoms with E-state index in [1.807, 2.05) is 32.2 Å². The predicted molar refractivity (Wildman–Crippen MR) is 73.3 cm³/mol. The zero-order valence-electron chi connectivity index (χ0n) is 10.3. The van der Waals surface area contributed by atoms with E-state index in [4.69, 9.17) is 16.3 Å². The summed E-state index contributed by atoms with van der Waals surface area (Å²) in [5.74, 6) is 0.828. The molecular weight excluding hydrogens is 254 g/mol. The van der Waals surface area contributed by atoms with Crippen LogP contribution in [0.4, 0.5) is 0 Å². The summed E-state index contributed by atoms with van der Waals surface area (Å²) in [5.41, 5.74) is 3.97. The second-order valence-electron chi connectivity index (χ2n) is 3.96. The minimum atomic E-state index is 0.784. The number of aryl methyl sites for hydroxylation is 2. The number of ether oxygens (including phenoxy) is 1. The molecule has 2 aromatic rings. The molecule has 0 aliphatic carbocycles. The van der Waals surface area contributed by atoms with Gasteiger partial charge in [-0.3, -0.25) is 0 Å². The topological polar surface area (TPSA) is 22.1 Å². The van der Waals surface area contributed by atoms with E-state index in [1.54, 1.807) is 18.4 Å². The highest BCUT2D eigenvalue weighted by atomic mass is 35.5. The maximum Gasteiger partial charge on any atom is 0.128 e. The van der Waals surface area contributed by atoms with Gasteiger partial charge in [0.15, 0.2) is 0 Å². The van der Waals surface area contributed by atoms with E-state index in [1.165, 1.54) is 0 Å². The number of hydrogen-bond donors (Lipinski definition) is 0. The molecule has 0 aliphatic rings. The second kappa shape index (κ2) is 4.67. The molecule has 1 aromatic carbocycles. The van der Waals surface area contributed by atoms with Gasteiger partial charge in [0.25, 0.3) is 0 Å². The van der Waals surface area contributed by atoms with Crippen molar-refractivity contribution >= 4 is 22.9 Å². The summed E-state index contributed by atoms with van der Waals surface area (Å²) in [6, 6.07) is 1.96. The average molecular weight is 268 g/mol. The van der Waals surface area contributed by atoms with Crippen LogP contribution in [-0.2, 0) is 0 Å². The number of benzene rings is 1. The van der Waals surface area contributed by atoms with Crippen molar-refractivity contribution in [1.29, 1.82) is 0 Å². The Morgan fingerprint density at radius 3 is 2.53 bits per heavy atom. The van der Waals surface area contributed by atoms with E-state index in [0.717, 1.165) is 38.2 Å². The minimum absolute atomic E-state index is 0.784. The molecule has 0 amide bonds. The molecule has 1 heterocycles. The number of methoxy groups -OCH3 is 1. The third-order valence-corrected chi connectivity index (χ3v) is 4.09. The Kier molecular flexibility index (Phi) is 3.40. The summed E-state index contributed by atoms with van der Waals surface area (Å²) in [6.45, 7) is 5.97. The lowest BCUT2D eigenvalue weighted by Crippen LogP contribution is -1.94. The van der Waals surface area contributed by atoms with Crippen molar-refractivity contribution in [2.24, 2.45) is 0 Å². The van der Waals surface area contributed by atoms with Crippen molar-refractivity contribution in [3.63, 3.8) is 0 Å². The van der Waals surface area contributed by atoms with Crippen molar-refractivity contribution < 1.29 is 4.74 Å². The molecule has 0 radical (unpaired) electrons. The quantitative estimate of drug-likeness (QED) is 0.805. The molecule has 0 saturated heterocycles. The van der Waals surface area contributed by atoms with Crippen molar-refractivity contribution in [2.45, 2.75) is 20.8 Å². The average Bonchev–Trinajstić information content (AvgIpc) is 2.71. The molecule has 1 aromatic heterocycles. The van der Waals surface area contributed by atoms with Gasteiger partial charge in [-0.15, -0.1) is 11.3 Å². The standard InChI is InChI=1S/C13H14ClNOS/c1-7-5-11(16-4)12(8(2)13(7)14)10-6-17-9(3)15-10/h5-6H,1-4H3. The highest BCUT2D eigenvalue weighted by Crippen LogP contribution is 2.38. The van der Waals surface area contributed by atoms with Gasteiger partial charge < -0.3 is 4.74 Å². The van der Waals surface area contributed by atoms with E-state index in [9.17, 15) is 0 Å². The van der Waals surface area contributed by atoms with Gasteiger partial charge in [0.1, 0.15) is 5.75 Å². The fraction of sp³-hybridized carbons (Fsp3) is 0.308. The summed E-state index contributed by atoms with van der Waals surface area (Å²) in [7, 11) is 1.67. The summed E-state index contributed by atoms with van der Waals surface area (Å²) in [5, 5.41) is 3.86. The van der Waals surface area contributed by atoms with Crippen LogP contribution in [0.15, 0.2) is 11.4 Å². The lowest BCUT2D eigenvalue weighted by molar-refractivity contribution is 0.415. The number of rotatable bonds is 2. The first-order chi connectivity index (χ1) is 8.04. The number of halogens is 1. The molecule has 0 unspecified atom stereocenters. The van der Waals surface area contributed by atoms with Crippen LogP contribution in [0.25, 0.3) is 11.3 Å². The van der Waals surface area contributed by atoms with Crippen LogP contribution in [0.3, 0.4) is 0 Å². The van der Waals surface area contributed by atoms with Crippen LogP contribution >= 0.6 is 22.9 Å². The molecule has 0 fully saturated rings. The smallest absolute Gasteiger partial charge is 0.128 e. The Balaban J connectivity index is 2.71. The molecule has 0 saturated carbocycles. The molecule has 17 heavy (non-hydrogen) atoms. The molecule has 4 heteroatoms. The fourth-order valence-electron chi connectivity index (χ4n) is 1.88. The Bertz CT molecular complexity index is 563. The normalized spacial score (nSPS) is 10.6. The lowest BCUT2D eigenvalue weighted by Gasteiger charge is -2.13. The molecular formula is C13H14ClNOS. The second-order valence-corrected chi connectivity index (χ2v) is 5.40. The maximum atomic E-state index is 6.29. The summed E-state index contributed by atoms with van der Waals surface area (Å²) in [6.07, 6.45) is 0. The Morgan fingerprint density at radius 1 is 1.29 bits per heavy atom. The van der Waals surface area contributed by atoms with Gasteiger partial charge in [-0.1, -0.05) is 11.6 Å². The highest BCUT2D eigenvalue weighted by Gasteiger charge is 2.16. The molecule has 0 bridgehead atoms. The Hall–Kier alpha value is -1.06. The van der Waals surface area contributed by atoms with Gasteiger partial charge in [0.2, 0.25) is 0 Å². The van der Waals surface area contributed by atoms with E-state index >= 15 is 0 Å². The summed E-state index contributed by atoms with van der Waals surface area (Å²) in [4.78, 5) is 4.50. The third-order valence-electron chi connectivity index (χ3n) is 2.74.